The van der Waals surface area contributed by atoms with Gasteiger partial charge in [-0.1, -0.05) is 57.0 Å². The number of aliphatic hydroxyl groups excluding tert-OH is 1. The minimum absolute atomic E-state index is 0.000558. The normalized spacial score (nSPS) is 21.1. The lowest BCUT2D eigenvalue weighted by Gasteiger charge is -2.35. The van der Waals surface area contributed by atoms with Gasteiger partial charge in [0, 0.05) is 68.8 Å². The van der Waals surface area contributed by atoms with Gasteiger partial charge in [-0.05, 0) is 111 Å². The van der Waals surface area contributed by atoms with Gasteiger partial charge in [0.05, 0.1) is 45.8 Å². The van der Waals surface area contributed by atoms with E-state index < -0.39 is 41.1 Å². The van der Waals surface area contributed by atoms with Gasteiger partial charge < -0.3 is 40.1 Å². The van der Waals surface area contributed by atoms with E-state index in [4.69, 9.17) is 20.9 Å². The van der Waals surface area contributed by atoms with Gasteiger partial charge >= 0.3 is 6.01 Å². The maximum Gasteiger partial charge on any atom is 0.319 e. The van der Waals surface area contributed by atoms with Crippen molar-refractivity contribution in [2.45, 2.75) is 116 Å². The number of phenols is 1. The van der Waals surface area contributed by atoms with Gasteiger partial charge in [0.1, 0.15) is 47.3 Å². The Morgan fingerprint density at radius 2 is 1.75 bits per heavy atom. The number of rotatable bonds is 18. The molecule has 79 heavy (non-hydrogen) atoms. The molecule has 416 valence electrons. The van der Waals surface area contributed by atoms with E-state index in [1.807, 2.05) is 64.4 Å². The third-order valence-corrected chi connectivity index (χ3v) is 17.2. The van der Waals surface area contributed by atoms with Crippen LogP contribution in [0.1, 0.15) is 102 Å². The predicted molar refractivity (Wildman–Crippen MR) is 299 cm³/mol. The first kappa shape index (κ1) is 55.5. The number of likely N-dealkylation sites (tertiary alicyclic amines) is 2. The molecule has 19 heteroatoms. The zero-order chi connectivity index (χ0) is 55.7. The van der Waals surface area contributed by atoms with Crippen molar-refractivity contribution in [3.8, 4) is 45.8 Å². The molecule has 7 atom stereocenters. The summed E-state index contributed by atoms with van der Waals surface area (Å²) in [4.78, 5) is 66.9. The van der Waals surface area contributed by atoms with E-state index >= 15 is 8.78 Å². The maximum absolute atomic E-state index is 17.1. The van der Waals surface area contributed by atoms with Crippen LogP contribution in [-0.2, 0) is 19.1 Å². The Bertz CT molecular complexity index is 3280. The molecule has 3 amide bonds. The summed E-state index contributed by atoms with van der Waals surface area (Å²) < 4.78 is 44.5. The van der Waals surface area contributed by atoms with Gasteiger partial charge in [-0.15, -0.1) is 17.8 Å². The van der Waals surface area contributed by atoms with Gasteiger partial charge in [-0.3, -0.25) is 24.3 Å². The summed E-state index contributed by atoms with van der Waals surface area (Å²) in [5, 5.41) is 28.5. The minimum Gasteiger partial charge on any atom is -0.508 e. The van der Waals surface area contributed by atoms with Crippen molar-refractivity contribution < 1.29 is 42.9 Å². The van der Waals surface area contributed by atoms with Gasteiger partial charge in [0.2, 0.25) is 17.7 Å². The number of terminal acetylenes is 1. The number of anilines is 1. The SMILES string of the molecule is C#Cc1c(F)ccc2cc(O)cc(-c3ncc4c(N5CC6CCC(C6)C5)nc(OC[C@@H]5CCCN5CCCOCCC(=O)N[C@H](C(=O)N5C[C@H](O)C[C@H]5C(=O)N[C@@H](C)c5ccc(-c6scnc6C)cc5)C(C)(C)C)nc4c3F)c12. The third kappa shape index (κ3) is 12.0. The number of benzene rings is 3. The second-order valence-electron chi connectivity index (χ2n) is 22.9. The van der Waals surface area contributed by atoms with Crippen LogP contribution < -0.4 is 20.3 Å². The maximum atomic E-state index is 17.1. The number of hydrogen-bond donors (Lipinski definition) is 4. The lowest BCUT2D eigenvalue weighted by Crippen LogP contribution is -2.58. The minimum atomic E-state index is -0.963. The van der Waals surface area contributed by atoms with Crippen molar-refractivity contribution in [3.63, 3.8) is 0 Å². The average Bonchev–Trinajstić information content (AvgIpc) is 4.39. The zero-order valence-corrected chi connectivity index (χ0v) is 46.3. The molecule has 4 aliphatic rings. The number of piperidine rings is 1. The monoisotopic (exact) mass is 1100 g/mol. The van der Waals surface area contributed by atoms with E-state index in [-0.39, 0.29) is 96.0 Å². The molecular weight excluding hydrogens is 1030 g/mol. The average molecular weight is 1100 g/mol. The van der Waals surface area contributed by atoms with E-state index in [0.29, 0.717) is 48.0 Å². The van der Waals surface area contributed by atoms with Gasteiger partial charge in [0.15, 0.2) is 5.82 Å². The molecule has 3 aliphatic heterocycles. The Balaban J connectivity index is 0.734. The number of carbonyl (C=O) groups excluding carboxylic acids is 3. The molecule has 6 aromatic rings. The molecule has 3 aromatic carbocycles. The number of fused-ring (bicyclic) bond motifs is 4. The number of β-amino-alcohol motifs (C(OH)–C–C–N with tert-alkyl or cyclic N) is 1. The predicted octanol–water partition coefficient (Wildman–Crippen LogP) is 8.49. The summed E-state index contributed by atoms with van der Waals surface area (Å²) in [7, 11) is 0. The Morgan fingerprint density at radius 1 is 0.975 bits per heavy atom. The second-order valence-corrected chi connectivity index (χ2v) is 23.7. The lowest BCUT2D eigenvalue weighted by molar-refractivity contribution is -0.144. The Morgan fingerprint density at radius 3 is 2.47 bits per heavy atom. The smallest absolute Gasteiger partial charge is 0.319 e. The quantitative estimate of drug-likeness (QED) is 0.0473. The van der Waals surface area contributed by atoms with Crippen LogP contribution in [-0.4, -0.2) is 134 Å². The molecule has 0 spiro atoms. The summed E-state index contributed by atoms with van der Waals surface area (Å²) in [6, 6.07) is 11.2. The number of phenolic OH excluding ortho intramolecular Hbond substituents is 1. The van der Waals surface area contributed by atoms with E-state index in [1.165, 1.54) is 29.2 Å². The number of carbonyl (C=O) groups is 3. The highest BCUT2D eigenvalue weighted by atomic mass is 32.1. The molecule has 0 radical (unpaired) electrons. The Hall–Kier alpha value is -6.85. The molecule has 1 aliphatic carbocycles. The number of pyridine rings is 1. The van der Waals surface area contributed by atoms with Crippen molar-refractivity contribution in [3.05, 3.63) is 88.7 Å². The molecular formula is C60H69F2N9O7S. The fraction of sp³-hybridized carbons (Fsp3) is 0.483. The molecule has 4 N–H and O–H groups in total. The van der Waals surface area contributed by atoms with Crippen molar-refractivity contribution in [1.29, 1.82) is 0 Å². The largest absolute Gasteiger partial charge is 0.508 e. The number of ether oxygens (including phenoxy) is 2. The first-order valence-electron chi connectivity index (χ1n) is 27.5. The van der Waals surface area contributed by atoms with Crippen LogP contribution in [0.2, 0.25) is 0 Å². The fourth-order valence-electron chi connectivity index (χ4n) is 12.1. The molecule has 4 fully saturated rings. The molecule has 10 rings (SSSR count). The number of nitrogens with zero attached hydrogens (tertiary/aromatic N) is 7. The van der Waals surface area contributed by atoms with Crippen LogP contribution >= 0.6 is 11.3 Å². The molecule has 3 aromatic heterocycles. The number of aryl methyl sites for hydroxylation is 1. The van der Waals surface area contributed by atoms with Crippen LogP contribution in [0.3, 0.4) is 0 Å². The van der Waals surface area contributed by atoms with Crippen LogP contribution in [0, 0.1) is 48.2 Å². The van der Waals surface area contributed by atoms with E-state index in [2.05, 4.69) is 41.3 Å². The molecule has 2 bridgehead atoms. The number of amides is 3. The number of nitrogens with one attached hydrogen (secondary N) is 2. The lowest BCUT2D eigenvalue weighted by atomic mass is 9.85. The summed E-state index contributed by atoms with van der Waals surface area (Å²) in [5.74, 6) is 1.21. The number of aromatic hydroxyl groups is 1. The highest BCUT2D eigenvalue weighted by molar-refractivity contribution is 7.13. The summed E-state index contributed by atoms with van der Waals surface area (Å²) >= 11 is 1.57. The molecule has 3 saturated heterocycles. The molecule has 2 unspecified atom stereocenters. The third-order valence-electron chi connectivity index (χ3n) is 16.2. The standard InChI is InChI=1S/C60H69F2N9O7S/c1-7-44-47(61)18-17-40-25-42(72)26-45(50(40)44)52-51(62)53-46(28-63-52)56(70-29-36-11-12-37(24-36)30-70)68-59(67-53)78-32-41-10-8-20-69(41)21-9-22-77-23-19-49(74)66-55(60(4,5)6)58(76)71-31-43(73)27-48(71)57(75)65-34(2)38-13-15-39(16-14-38)54-35(3)64-33-79-54/h1,13-18,25-26,28,33-34,36-37,41,43,48,55,72-73H,8-12,19-24,27,29-32H2,2-6H3,(H,65,75)(H,66,74)/t34-,36?,37?,41-,43+,48-,55+/m0/s1. The Kier molecular flexibility index (Phi) is 16.5. The number of halogens is 2. The van der Waals surface area contributed by atoms with Crippen LogP contribution in [0.4, 0.5) is 14.6 Å². The molecule has 1 saturated carbocycles. The number of hydrogen-bond acceptors (Lipinski definition) is 14. The van der Waals surface area contributed by atoms with Crippen molar-refractivity contribution in [2.75, 3.05) is 57.4 Å². The van der Waals surface area contributed by atoms with Crippen molar-refractivity contribution in [1.82, 2.24) is 40.4 Å². The highest BCUT2D eigenvalue weighted by Gasteiger charge is 2.45. The Labute approximate surface area is 463 Å². The first-order valence-corrected chi connectivity index (χ1v) is 28.4. The van der Waals surface area contributed by atoms with E-state index in [0.717, 1.165) is 73.4 Å². The topological polar surface area (TPSA) is 195 Å². The molecule has 6 heterocycles. The number of aliphatic hydroxyl groups is 1. The summed E-state index contributed by atoms with van der Waals surface area (Å²) in [5.41, 5.74) is 3.93. The van der Waals surface area contributed by atoms with Crippen LogP contribution in [0.15, 0.2) is 60.2 Å². The second kappa shape index (κ2) is 23.5. The van der Waals surface area contributed by atoms with Crippen LogP contribution in [0.25, 0.3) is 43.4 Å². The van der Waals surface area contributed by atoms with Crippen molar-refractivity contribution in [2.24, 2.45) is 17.3 Å². The summed E-state index contributed by atoms with van der Waals surface area (Å²) in [6.07, 6.45) is 12.4. The van der Waals surface area contributed by atoms with Crippen LogP contribution in [0.5, 0.6) is 11.8 Å². The fourth-order valence-corrected chi connectivity index (χ4v) is 12.9. The van der Waals surface area contributed by atoms with Gasteiger partial charge in [-0.2, -0.15) is 9.97 Å². The van der Waals surface area contributed by atoms with E-state index in [9.17, 15) is 24.6 Å². The van der Waals surface area contributed by atoms with Crippen molar-refractivity contribution >= 4 is 56.6 Å². The number of thiazole rings is 1. The molecule has 16 nitrogen and oxygen atoms in total. The summed E-state index contributed by atoms with van der Waals surface area (Å²) in [6.45, 7) is 13.3. The number of aromatic nitrogens is 4. The van der Waals surface area contributed by atoms with E-state index in [1.54, 1.807) is 17.5 Å². The highest BCUT2D eigenvalue weighted by Crippen LogP contribution is 2.42. The first-order chi connectivity index (χ1) is 37.9. The zero-order valence-electron chi connectivity index (χ0n) is 45.4. The van der Waals surface area contributed by atoms with Gasteiger partial charge in [-0.25, -0.2) is 13.8 Å². The van der Waals surface area contributed by atoms with Gasteiger partial charge in [0.25, 0.3) is 0 Å².